The number of carbonyl (C=O) groups is 1. The lowest BCUT2D eigenvalue weighted by molar-refractivity contribution is 0.0628. The number of hydrogen-bond acceptors (Lipinski definition) is 4. The Kier molecular flexibility index (Phi) is 7.02. The molecule has 4 rings (SSSR count). The van der Waals surface area contributed by atoms with Crippen LogP contribution in [0, 0.1) is 5.82 Å². The lowest BCUT2D eigenvalue weighted by Gasteiger charge is -2.35. The molecule has 0 aliphatic carbocycles. The molecule has 3 aromatic rings. The first-order valence-corrected chi connectivity index (χ1v) is 10.7. The lowest BCUT2D eigenvalue weighted by Crippen LogP contribution is -2.48. The molecule has 1 amide bonds. The van der Waals surface area contributed by atoms with Crippen LogP contribution < -0.4 is 9.47 Å². The summed E-state index contributed by atoms with van der Waals surface area (Å²) in [5.74, 6) is 1.04. The zero-order valence-corrected chi connectivity index (χ0v) is 18.2. The minimum absolute atomic E-state index is 0.0503. The summed E-state index contributed by atoms with van der Waals surface area (Å²) in [5.41, 5.74) is 2.75. The first kappa shape index (κ1) is 21.8. The summed E-state index contributed by atoms with van der Waals surface area (Å²) in [6.07, 6.45) is 0. The molecule has 32 heavy (non-hydrogen) atoms. The largest absolute Gasteiger partial charge is 0.493 e. The molecule has 1 aliphatic heterocycles. The van der Waals surface area contributed by atoms with Crippen molar-refractivity contribution in [3.63, 3.8) is 0 Å². The van der Waals surface area contributed by atoms with Crippen LogP contribution in [0.2, 0.25) is 0 Å². The molecule has 166 valence electrons. The van der Waals surface area contributed by atoms with E-state index in [1.54, 1.807) is 19.2 Å². The van der Waals surface area contributed by atoms with Gasteiger partial charge in [-0.25, -0.2) is 4.39 Å². The molecule has 0 radical (unpaired) electrons. The minimum Gasteiger partial charge on any atom is -0.493 e. The SMILES string of the molecule is COc1ccc(CN2CCN(C(=O)c3ccc(F)cc3)CC2)cc1OCc1ccccc1. The predicted molar refractivity (Wildman–Crippen MR) is 121 cm³/mol. The van der Waals surface area contributed by atoms with Crippen molar-refractivity contribution in [3.8, 4) is 11.5 Å². The number of halogens is 1. The Morgan fingerprint density at radius 1 is 0.875 bits per heavy atom. The third-order valence-corrected chi connectivity index (χ3v) is 5.62. The Bertz CT molecular complexity index is 1030. The van der Waals surface area contributed by atoms with Crippen LogP contribution >= 0.6 is 0 Å². The topological polar surface area (TPSA) is 42.0 Å². The molecular weight excluding hydrogens is 407 g/mol. The van der Waals surface area contributed by atoms with Crippen LogP contribution in [0.3, 0.4) is 0 Å². The van der Waals surface area contributed by atoms with E-state index < -0.39 is 0 Å². The van der Waals surface area contributed by atoms with Crippen LogP contribution in [0.4, 0.5) is 4.39 Å². The van der Waals surface area contributed by atoms with Gasteiger partial charge in [-0.2, -0.15) is 0 Å². The molecule has 0 spiro atoms. The van der Waals surface area contributed by atoms with Crippen molar-refractivity contribution >= 4 is 5.91 Å². The van der Waals surface area contributed by atoms with Gasteiger partial charge in [0.1, 0.15) is 12.4 Å². The molecule has 0 N–H and O–H groups in total. The van der Waals surface area contributed by atoms with E-state index in [2.05, 4.69) is 4.90 Å². The molecular formula is C26H27FN2O3. The van der Waals surface area contributed by atoms with Gasteiger partial charge in [0, 0.05) is 38.3 Å². The Hall–Kier alpha value is -3.38. The standard InChI is InChI=1S/C26H27FN2O3/c1-31-24-12-7-21(17-25(24)32-19-20-5-3-2-4-6-20)18-28-13-15-29(16-14-28)26(30)22-8-10-23(27)11-9-22/h2-12,17H,13-16,18-19H2,1H3. The molecule has 6 heteroatoms. The first-order valence-electron chi connectivity index (χ1n) is 10.7. The summed E-state index contributed by atoms with van der Waals surface area (Å²) in [6.45, 7) is 4.08. The maximum absolute atomic E-state index is 13.1. The summed E-state index contributed by atoms with van der Waals surface area (Å²) < 4.78 is 24.6. The number of piperazine rings is 1. The molecule has 1 aliphatic rings. The summed E-state index contributed by atoms with van der Waals surface area (Å²) in [7, 11) is 1.64. The van der Waals surface area contributed by atoms with Gasteiger partial charge in [0.15, 0.2) is 11.5 Å². The van der Waals surface area contributed by atoms with E-state index in [1.807, 2.05) is 53.4 Å². The van der Waals surface area contributed by atoms with E-state index in [0.717, 1.165) is 36.5 Å². The summed E-state index contributed by atoms with van der Waals surface area (Å²) >= 11 is 0. The van der Waals surface area contributed by atoms with Crippen molar-refractivity contribution in [1.82, 2.24) is 9.80 Å². The molecule has 1 fully saturated rings. The normalized spacial score (nSPS) is 14.2. The number of carbonyl (C=O) groups excluding carboxylic acids is 1. The third kappa shape index (κ3) is 5.45. The zero-order valence-electron chi connectivity index (χ0n) is 18.2. The van der Waals surface area contributed by atoms with Gasteiger partial charge in [-0.15, -0.1) is 0 Å². The number of rotatable bonds is 7. The molecule has 0 saturated carbocycles. The first-order chi connectivity index (χ1) is 15.6. The van der Waals surface area contributed by atoms with Crippen LogP contribution in [0.15, 0.2) is 72.8 Å². The average Bonchev–Trinajstić information content (AvgIpc) is 2.84. The molecule has 0 bridgehead atoms. The van der Waals surface area contributed by atoms with E-state index in [0.29, 0.717) is 31.0 Å². The fourth-order valence-corrected chi connectivity index (χ4v) is 3.81. The smallest absolute Gasteiger partial charge is 0.253 e. The second-order valence-electron chi connectivity index (χ2n) is 7.83. The summed E-state index contributed by atoms with van der Waals surface area (Å²) in [6, 6.07) is 21.8. The number of hydrogen-bond donors (Lipinski definition) is 0. The van der Waals surface area contributed by atoms with Gasteiger partial charge in [0.25, 0.3) is 5.91 Å². The quantitative estimate of drug-likeness (QED) is 0.554. The summed E-state index contributed by atoms with van der Waals surface area (Å²) in [5, 5.41) is 0. The number of nitrogens with zero attached hydrogens (tertiary/aromatic N) is 2. The second kappa shape index (κ2) is 10.3. The molecule has 0 aromatic heterocycles. The van der Waals surface area contributed by atoms with Crippen molar-refractivity contribution in [2.24, 2.45) is 0 Å². The Balaban J connectivity index is 1.34. The fourth-order valence-electron chi connectivity index (χ4n) is 3.81. The van der Waals surface area contributed by atoms with Crippen molar-refractivity contribution in [2.45, 2.75) is 13.2 Å². The molecule has 5 nitrogen and oxygen atoms in total. The second-order valence-corrected chi connectivity index (χ2v) is 7.83. The third-order valence-electron chi connectivity index (χ3n) is 5.62. The van der Waals surface area contributed by atoms with Gasteiger partial charge in [-0.1, -0.05) is 36.4 Å². The van der Waals surface area contributed by atoms with E-state index >= 15 is 0 Å². The van der Waals surface area contributed by atoms with E-state index in [1.165, 1.54) is 12.1 Å². The fraction of sp³-hybridized carbons (Fsp3) is 0.269. The van der Waals surface area contributed by atoms with Crippen molar-refractivity contribution in [1.29, 1.82) is 0 Å². The van der Waals surface area contributed by atoms with Gasteiger partial charge in [0.05, 0.1) is 7.11 Å². The highest BCUT2D eigenvalue weighted by Gasteiger charge is 2.22. The number of amides is 1. The molecule has 1 saturated heterocycles. The van der Waals surface area contributed by atoms with Crippen LogP contribution in [0.5, 0.6) is 11.5 Å². The van der Waals surface area contributed by atoms with Gasteiger partial charge in [0.2, 0.25) is 0 Å². The highest BCUT2D eigenvalue weighted by molar-refractivity contribution is 5.94. The van der Waals surface area contributed by atoms with Crippen molar-refractivity contribution in [3.05, 3.63) is 95.3 Å². The van der Waals surface area contributed by atoms with Crippen LogP contribution in [-0.2, 0) is 13.2 Å². The lowest BCUT2D eigenvalue weighted by atomic mass is 10.1. The maximum atomic E-state index is 13.1. The van der Waals surface area contributed by atoms with Gasteiger partial charge >= 0.3 is 0 Å². The van der Waals surface area contributed by atoms with E-state index in [-0.39, 0.29) is 11.7 Å². The Morgan fingerprint density at radius 2 is 1.59 bits per heavy atom. The molecule has 0 atom stereocenters. The minimum atomic E-state index is -0.335. The monoisotopic (exact) mass is 434 g/mol. The van der Waals surface area contributed by atoms with Crippen LogP contribution in [-0.4, -0.2) is 49.0 Å². The van der Waals surface area contributed by atoms with Gasteiger partial charge in [-0.3, -0.25) is 9.69 Å². The zero-order chi connectivity index (χ0) is 22.3. The summed E-state index contributed by atoms with van der Waals surface area (Å²) in [4.78, 5) is 16.8. The van der Waals surface area contributed by atoms with E-state index in [9.17, 15) is 9.18 Å². The number of ether oxygens (including phenoxy) is 2. The Morgan fingerprint density at radius 3 is 2.28 bits per heavy atom. The number of benzene rings is 3. The highest BCUT2D eigenvalue weighted by Crippen LogP contribution is 2.29. The molecule has 3 aromatic carbocycles. The molecule has 0 unspecified atom stereocenters. The van der Waals surface area contributed by atoms with Crippen LogP contribution in [0.1, 0.15) is 21.5 Å². The molecule has 1 heterocycles. The maximum Gasteiger partial charge on any atom is 0.253 e. The van der Waals surface area contributed by atoms with E-state index in [4.69, 9.17) is 9.47 Å². The van der Waals surface area contributed by atoms with Crippen molar-refractivity contribution in [2.75, 3.05) is 33.3 Å². The average molecular weight is 435 g/mol. The van der Waals surface area contributed by atoms with Gasteiger partial charge in [-0.05, 0) is 47.5 Å². The van der Waals surface area contributed by atoms with Gasteiger partial charge < -0.3 is 14.4 Å². The predicted octanol–water partition coefficient (Wildman–Crippen LogP) is 4.37. The van der Waals surface area contributed by atoms with Crippen LogP contribution in [0.25, 0.3) is 0 Å². The number of methoxy groups -OCH3 is 1. The highest BCUT2D eigenvalue weighted by atomic mass is 19.1. The Labute approximate surface area is 188 Å². The van der Waals surface area contributed by atoms with Crippen molar-refractivity contribution < 1.29 is 18.7 Å².